The summed E-state index contributed by atoms with van der Waals surface area (Å²) in [5, 5.41) is 7.43. The molecule has 0 unspecified atom stereocenters. The van der Waals surface area contributed by atoms with Gasteiger partial charge < -0.3 is 4.90 Å². The minimum absolute atomic E-state index is 0.0853. The summed E-state index contributed by atoms with van der Waals surface area (Å²) in [6.07, 6.45) is 4.95. The fraction of sp³-hybridized carbons (Fsp3) is 0.522. The van der Waals surface area contributed by atoms with E-state index in [9.17, 15) is 14.4 Å². The molecule has 1 N–H and O–H groups in total. The van der Waals surface area contributed by atoms with Crippen molar-refractivity contribution in [3.8, 4) is 0 Å². The lowest BCUT2D eigenvalue weighted by Gasteiger charge is -2.31. The normalized spacial score (nSPS) is 19.3. The van der Waals surface area contributed by atoms with Crippen LogP contribution in [-0.2, 0) is 4.79 Å². The Morgan fingerprint density at radius 3 is 2.55 bits per heavy atom. The average molecular weight is 422 g/mol. The third-order valence-corrected chi connectivity index (χ3v) is 6.60. The smallest absolute Gasteiger partial charge is 0.261 e. The summed E-state index contributed by atoms with van der Waals surface area (Å²) in [4.78, 5) is 45.5. The Hall–Kier alpha value is -3.03. The Labute approximate surface area is 181 Å². The second-order valence-corrected chi connectivity index (χ2v) is 8.92. The van der Waals surface area contributed by atoms with Crippen molar-refractivity contribution in [1.29, 1.82) is 0 Å². The molecule has 8 nitrogen and oxygen atoms in total. The Morgan fingerprint density at radius 1 is 1.06 bits per heavy atom. The predicted molar refractivity (Wildman–Crippen MR) is 113 cm³/mol. The van der Waals surface area contributed by atoms with E-state index in [1.165, 1.54) is 17.7 Å². The highest BCUT2D eigenvalue weighted by Gasteiger charge is 2.35. The molecule has 2 fully saturated rings. The molecule has 3 aliphatic rings. The zero-order chi connectivity index (χ0) is 21.5. The number of likely N-dealkylation sites (tertiary alicyclic amines) is 1. The third-order valence-electron chi connectivity index (χ3n) is 6.60. The van der Waals surface area contributed by atoms with Gasteiger partial charge in [0.1, 0.15) is 5.82 Å². The second kappa shape index (κ2) is 7.90. The van der Waals surface area contributed by atoms with E-state index in [1.807, 2.05) is 17.9 Å². The molecule has 1 aliphatic carbocycles. The maximum absolute atomic E-state index is 12.6. The van der Waals surface area contributed by atoms with Crippen molar-refractivity contribution in [3.63, 3.8) is 0 Å². The highest BCUT2D eigenvalue weighted by molar-refractivity contribution is 6.21. The number of aromatic amines is 1. The molecule has 8 heteroatoms. The minimum atomic E-state index is -0.258. The van der Waals surface area contributed by atoms with Crippen molar-refractivity contribution in [3.05, 3.63) is 46.5 Å². The number of aromatic nitrogens is 3. The van der Waals surface area contributed by atoms with Gasteiger partial charge in [-0.2, -0.15) is 5.10 Å². The number of amides is 3. The number of carbonyl (C=O) groups is 3. The van der Waals surface area contributed by atoms with Crippen molar-refractivity contribution in [2.24, 2.45) is 0 Å². The van der Waals surface area contributed by atoms with E-state index < -0.39 is 0 Å². The first-order valence-electron chi connectivity index (χ1n) is 11.2. The van der Waals surface area contributed by atoms with Gasteiger partial charge in [0.15, 0.2) is 5.82 Å². The molecule has 0 radical (unpaired) electrons. The van der Waals surface area contributed by atoms with Gasteiger partial charge in [-0.25, -0.2) is 4.98 Å². The number of aryl methyl sites for hydroxylation is 1. The zero-order valence-corrected chi connectivity index (χ0v) is 17.8. The summed E-state index contributed by atoms with van der Waals surface area (Å²) in [5.41, 5.74) is 1.88. The standard InChI is InChI=1S/C23H27N5O3/c1-14-4-7-17-18(13-14)23(31)28(22(17)30)10-2-3-19(29)27-11-8-16(9-12-27)21-24-20(25-26-21)15-5-6-15/h4,7,13,15-16H,2-3,5-6,8-12H2,1H3,(H,24,25,26). The van der Waals surface area contributed by atoms with Crippen molar-refractivity contribution in [2.75, 3.05) is 19.6 Å². The number of piperidine rings is 1. The molecular formula is C23H27N5O3. The Kier molecular flexibility index (Phi) is 5.08. The molecule has 0 atom stereocenters. The van der Waals surface area contributed by atoms with Gasteiger partial charge in [0, 0.05) is 37.9 Å². The number of hydrogen-bond donors (Lipinski definition) is 1. The average Bonchev–Trinajstić information content (AvgIpc) is 3.47. The first-order chi connectivity index (χ1) is 15.0. The lowest BCUT2D eigenvalue weighted by atomic mass is 9.96. The van der Waals surface area contributed by atoms with Crippen LogP contribution in [0.25, 0.3) is 0 Å². The van der Waals surface area contributed by atoms with Crippen LogP contribution in [0.2, 0.25) is 0 Å². The van der Waals surface area contributed by atoms with Crippen molar-refractivity contribution in [1.82, 2.24) is 25.0 Å². The van der Waals surface area contributed by atoms with Crippen LogP contribution < -0.4 is 0 Å². The summed E-state index contributed by atoms with van der Waals surface area (Å²) in [7, 11) is 0. The van der Waals surface area contributed by atoms with E-state index in [0.717, 1.165) is 30.1 Å². The molecule has 3 heterocycles. The molecule has 162 valence electrons. The molecule has 0 bridgehead atoms. The Balaban J connectivity index is 1.09. The van der Waals surface area contributed by atoms with Crippen molar-refractivity contribution < 1.29 is 14.4 Å². The van der Waals surface area contributed by atoms with Gasteiger partial charge in [-0.05, 0) is 51.2 Å². The maximum atomic E-state index is 12.6. The van der Waals surface area contributed by atoms with Gasteiger partial charge in [-0.3, -0.25) is 24.4 Å². The molecular weight excluding hydrogens is 394 g/mol. The van der Waals surface area contributed by atoms with E-state index in [1.54, 1.807) is 12.1 Å². The summed E-state index contributed by atoms with van der Waals surface area (Å²) in [6, 6.07) is 5.31. The lowest BCUT2D eigenvalue weighted by molar-refractivity contribution is -0.132. The highest BCUT2D eigenvalue weighted by Crippen LogP contribution is 2.38. The van der Waals surface area contributed by atoms with Crippen LogP contribution in [0, 0.1) is 6.92 Å². The molecule has 31 heavy (non-hydrogen) atoms. The monoisotopic (exact) mass is 421 g/mol. The Bertz CT molecular complexity index is 1030. The van der Waals surface area contributed by atoms with E-state index >= 15 is 0 Å². The first-order valence-corrected chi connectivity index (χ1v) is 11.2. The highest BCUT2D eigenvalue weighted by atomic mass is 16.2. The summed E-state index contributed by atoms with van der Waals surface area (Å²) in [6.45, 7) is 3.58. The van der Waals surface area contributed by atoms with Gasteiger partial charge in [0.05, 0.1) is 11.1 Å². The molecule has 1 saturated carbocycles. The molecule has 1 aromatic carbocycles. The molecule has 3 amide bonds. The van der Waals surface area contributed by atoms with Gasteiger partial charge in [0.2, 0.25) is 5.91 Å². The van der Waals surface area contributed by atoms with Crippen LogP contribution in [0.1, 0.15) is 88.3 Å². The van der Waals surface area contributed by atoms with Crippen LogP contribution in [0.5, 0.6) is 0 Å². The molecule has 0 spiro atoms. The predicted octanol–water partition coefficient (Wildman–Crippen LogP) is 2.77. The molecule has 5 rings (SSSR count). The summed E-state index contributed by atoms with van der Waals surface area (Å²) < 4.78 is 0. The summed E-state index contributed by atoms with van der Waals surface area (Å²) >= 11 is 0. The number of benzene rings is 1. The molecule has 1 aromatic heterocycles. The van der Waals surface area contributed by atoms with Gasteiger partial charge >= 0.3 is 0 Å². The van der Waals surface area contributed by atoms with Gasteiger partial charge in [0.25, 0.3) is 11.8 Å². The van der Waals surface area contributed by atoms with Crippen molar-refractivity contribution >= 4 is 17.7 Å². The number of rotatable bonds is 6. The van der Waals surface area contributed by atoms with Crippen LogP contribution in [0.4, 0.5) is 0 Å². The fourth-order valence-corrected chi connectivity index (χ4v) is 4.55. The fourth-order valence-electron chi connectivity index (χ4n) is 4.55. The number of nitrogens with one attached hydrogen (secondary N) is 1. The van der Waals surface area contributed by atoms with Crippen molar-refractivity contribution in [2.45, 2.75) is 57.3 Å². The zero-order valence-electron chi connectivity index (χ0n) is 17.8. The van der Waals surface area contributed by atoms with E-state index in [0.29, 0.717) is 48.9 Å². The SMILES string of the molecule is Cc1ccc2c(c1)C(=O)N(CCCC(=O)N1CCC(c3nc(C4CC4)n[nH]3)CC1)C2=O. The topological polar surface area (TPSA) is 99.3 Å². The largest absolute Gasteiger partial charge is 0.343 e. The van der Waals surface area contributed by atoms with Crippen LogP contribution in [0.3, 0.4) is 0 Å². The Morgan fingerprint density at radius 2 is 1.81 bits per heavy atom. The maximum Gasteiger partial charge on any atom is 0.261 e. The van der Waals surface area contributed by atoms with Gasteiger partial charge in [-0.15, -0.1) is 0 Å². The second-order valence-electron chi connectivity index (χ2n) is 8.92. The third kappa shape index (κ3) is 3.86. The molecule has 1 saturated heterocycles. The van der Waals surface area contributed by atoms with Crippen LogP contribution in [-0.4, -0.2) is 62.3 Å². The summed E-state index contributed by atoms with van der Waals surface area (Å²) in [5.74, 6) is 2.33. The number of fused-ring (bicyclic) bond motifs is 1. The number of imide groups is 1. The minimum Gasteiger partial charge on any atom is -0.343 e. The van der Waals surface area contributed by atoms with Crippen LogP contribution in [0.15, 0.2) is 18.2 Å². The number of H-pyrrole nitrogens is 1. The first kappa shape index (κ1) is 19.9. The quantitative estimate of drug-likeness (QED) is 0.723. The molecule has 2 aliphatic heterocycles. The van der Waals surface area contributed by atoms with Gasteiger partial charge in [-0.1, -0.05) is 11.6 Å². The van der Waals surface area contributed by atoms with E-state index in [2.05, 4.69) is 15.2 Å². The lowest BCUT2D eigenvalue weighted by Crippen LogP contribution is -2.38. The van der Waals surface area contributed by atoms with E-state index in [4.69, 9.17) is 0 Å². The van der Waals surface area contributed by atoms with Crippen LogP contribution >= 0.6 is 0 Å². The number of hydrogen-bond acceptors (Lipinski definition) is 5. The number of carbonyl (C=O) groups excluding carboxylic acids is 3. The number of nitrogens with zero attached hydrogens (tertiary/aromatic N) is 4. The molecule has 2 aromatic rings. The van der Waals surface area contributed by atoms with E-state index in [-0.39, 0.29) is 24.3 Å².